The maximum atomic E-state index is 12.8. The van der Waals surface area contributed by atoms with Crippen molar-refractivity contribution >= 4 is 27.9 Å². The molecule has 0 aliphatic heterocycles. The minimum Gasteiger partial charge on any atom is -0.493 e. The SMILES string of the molecule is CCOC(=O)COc1ccc2c(-c3cc4cccc(OC)c4oc3=O)cc(=O)oc2c1C. The van der Waals surface area contributed by atoms with Crippen LogP contribution in [0.5, 0.6) is 11.5 Å². The molecule has 2 aromatic heterocycles. The number of methoxy groups -OCH3 is 1. The van der Waals surface area contributed by atoms with Gasteiger partial charge in [-0.1, -0.05) is 12.1 Å². The first kappa shape index (κ1) is 21.2. The van der Waals surface area contributed by atoms with Crippen molar-refractivity contribution in [2.45, 2.75) is 13.8 Å². The molecule has 0 aliphatic rings. The quantitative estimate of drug-likeness (QED) is 0.332. The molecule has 0 spiro atoms. The molecule has 0 unspecified atom stereocenters. The van der Waals surface area contributed by atoms with E-state index in [1.807, 2.05) is 0 Å². The molecule has 0 amide bonds. The Morgan fingerprint density at radius 3 is 2.53 bits per heavy atom. The number of para-hydroxylation sites is 1. The van der Waals surface area contributed by atoms with Crippen molar-refractivity contribution in [2.75, 3.05) is 20.3 Å². The van der Waals surface area contributed by atoms with Crippen LogP contribution >= 0.6 is 0 Å². The Bertz CT molecular complexity index is 1440. The average molecular weight is 436 g/mol. The van der Waals surface area contributed by atoms with E-state index in [9.17, 15) is 14.4 Å². The van der Waals surface area contributed by atoms with Crippen LogP contribution in [0, 0.1) is 6.92 Å². The van der Waals surface area contributed by atoms with Crippen LogP contribution in [-0.2, 0) is 9.53 Å². The highest BCUT2D eigenvalue weighted by molar-refractivity contribution is 5.97. The van der Waals surface area contributed by atoms with E-state index in [-0.39, 0.29) is 24.4 Å². The van der Waals surface area contributed by atoms with Gasteiger partial charge in [-0.15, -0.1) is 0 Å². The summed E-state index contributed by atoms with van der Waals surface area (Å²) in [6.07, 6.45) is 0. The van der Waals surface area contributed by atoms with Crippen LogP contribution in [0.25, 0.3) is 33.1 Å². The van der Waals surface area contributed by atoms with Crippen LogP contribution in [-0.4, -0.2) is 26.3 Å². The number of carbonyl (C=O) groups excluding carboxylic acids is 1. The fourth-order valence-corrected chi connectivity index (χ4v) is 3.53. The van der Waals surface area contributed by atoms with E-state index in [2.05, 4.69) is 0 Å². The van der Waals surface area contributed by atoms with Crippen LogP contribution in [0.15, 0.2) is 60.9 Å². The van der Waals surface area contributed by atoms with Gasteiger partial charge in [-0.2, -0.15) is 0 Å². The number of carbonyl (C=O) groups is 1. The van der Waals surface area contributed by atoms with Crippen molar-refractivity contribution < 1.29 is 27.8 Å². The molecule has 2 heterocycles. The van der Waals surface area contributed by atoms with Crippen molar-refractivity contribution in [3.05, 3.63) is 68.9 Å². The van der Waals surface area contributed by atoms with Crippen molar-refractivity contribution in [3.8, 4) is 22.6 Å². The highest BCUT2D eigenvalue weighted by Crippen LogP contribution is 2.34. The average Bonchev–Trinajstić information content (AvgIpc) is 2.78. The van der Waals surface area contributed by atoms with Crippen LogP contribution < -0.4 is 20.7 Å². The number of hydrogen-bond donors (Lipinski definition) is 0. The Hall–Kier alpha value is -4.07. The number of fused-ring (bicyclic) bond motifs is 2. The zero-order valence-electron chi connectivity index (χ0n) is 17.7. The van der Waals surface area contributed by atoms with E-state index in [0.717, 1.165) is 0 Å². The van der Waals surface area contributed by atoms with Crippen LogP contribution in [0.1, 0.15) is 12.5 Å². The highest BCUT2D eigenvalue weighted by atomic mass is 16.6. The van der Waals surface area contributed by atoms with Crippen LogP contribution in [0.2, 0.25) is 0 Å². The molecule has 164 valence electrons. The lowest BCUT2D eigenvalue weighted by Gasteiger charge is -2.12. The highest BCUT2D eigenvalue weighted by Gasteiger charge is 2.18. The molecular weight excluding hydrogens is 416 g/mol. The maximum Gasteiger partial charge on any atom is 0.344 e. The molecule has 4 aromatic rings. The summed E-state index contributed by atoms with van der Waals surface area (Å²) in [5.41, 5.74) is 0.411. The van der Waals surface area contributed by atoms with Gasteiger partial charge in [0, 0.05) is 28.0 Å². The summed E-state index contributed by atoms with van der Waals surface area (Å²) in [7, 11) is 1.49. The molecule has 0 bridgehead atoms. The number of aryl methyl sites for hydroxylation is 1. The molecule has 0 saturated heterocycles. The first-order chi connectivity index (χ1) is 15.4. The molecule has 0 radical (unpaired) electrons. The monoisotopic (exact) mass is 436 g/mol. The summed E-state index contributed by atoms with van der Waals surface area (Å²) in [4.78, 5) is 36.8. The van der Waals surface area contributed by atoms with Gasteiger partial charge in [0.1, 0.15) is 11.3 Å². The largest absolute Gasteiger partial charge is 0.493 e. The summed E-state index contributed by atoms with van der Waals surface area (Å²) >= 11 is 0. The molecule has 0 fully saturated rings. The molecule has 0 saturated carbocycles. The summed E-state index contributed by atoms with van der Waals surface area (Å²) in [5, 5.41) is 1.17. The van der Waals surface area contributed by atoms with Crippen molar-refractivity contribution in [1.82, 2.24) is 0 Å². The minimum absolute atomic E-state index is 0.211. The van der Waals surface area contributed by atoms with Gasteiger partial charge >= 0.3 is 17.2 Å². The number of benzene rings is 2. The molecule has 0 N–H and O–H groups in total. The van der Waals surface area contributed by atoms with Gasteiger partial charge in [-0.05, 0) is 38.1 Å². The third-order valence-corrected chi connectivity index (χ3v) is 5.00. The fraction of sp³-hybridized carbons (Fsp3) is 0.208. The zero-order chi connectivity index (χ0) is 22.8. The van der Waals surface area contributed by atoms with Crippen LogP contribution in [0.3, 0.4) is 0 Å². The van der Waals surface area contributed by atoms with Crippen LogP contribution in [0.4, 0.5) is 0 Å². The standard InChI is InChI=1S/C24H20O8/c1-4-29-21(26)12-30-18-9-8-15-16(11-20(25)31-22(15)13(18)2)17-10-14-6-5-7-19(28-3)23(14)32-24(17)27/h5-11H,4,12H2,1-3H3. The van der Waals surface area contributed by atoms with Gasteiger partial charge in [0.05, 0.1) is 19.3 Å². The van der Waals surface area contributed by atoms with E-state index >= 15 is 0 Å². The Labute approximate surface area is 181 Å². The van der Waals surface area contributed by atoms with Crippen molar-refractivity contribution in [3.63, 3.8) is 0 Å². The molecule has 8 heteroatoms. The predicted octanol–water partition coefficient (Wildman–Crippen LogP) is 3.83. The third-order valence-electron chi connectivity index (χ3n) is 5.00. The Balaban J connectivity index is 1.86. The van der Waals surface area contributed by atoms with Gasteiger partial charge in [0.15, 0.2) is 17.9 Å². The molecule has 0 atom stereocenters. The third kappa shape index (κ3) is 3.82. The lowest BCUT2D eigenvalue weighted by atomic mass is 10.0. The number of ether oxygens (including phenoxy) is 3. The van der Waals surface area contributed by atoms with E-state index in [1.165, 1.54) is 13.2 Å². The molecular formula is C24H20O8. The second kappa shape index (κ2) is 8.58. The second-order valence-corrected chi connectivity index (χ2v) is 6.96. The molecule has 8 nitrogen and oxygen atoms in total. The lowest BCUT2D eigenvalue weighted by Crippen LogP contribution is -2.15. The van der Waals surface area contributed by atoms with Crippen molar-refractivity contribution in [1.29, 1.82) is 0 Å². The smallest absolute Gasteiger partial charge is 0.344 e. The summed E-state index contributed by atoms with van der Waals surface area (Å²) in [5.74, 6) is 0.287. The number of rotatable bonds is 6. The topological polar surface area (TPSA) is 105 Å². The Morgan fingerprint density at radius 1 is 0.969 bits per heavy atom. The predicted molar refractivity (Wildman–Crippen MR) is 117 cm³/mol. The fourth-order valence-electron chi connectivity index (χ4n) is 3.53. The normalized spacial score (nSPS) is 11.0. The first-order valence-corrected chi connectivity index (χ1v) is 9.90. The van der Waals surface area contributed by atoms with E-state index in [0.29, 0.717) is 39.0 Å². The minimum atomic E-state index is -0.636. The van der Waals surface area contributed by atoms with Gasteiger partial charge in [0.2, 0.25) is 0 Å². The van der Waals surface area contributed by atoms with Gasteiger partial charge < -0.3 is 23.0 Å². The van der Waals surface area contributed by atoms with Gasteiger partial charge in [-0.3, -0.25) is 0 Å². The Morgan fingerprint density at radius 2 is 1.78 bits per heavy atom. The van der Waals surface area contributed by atoms with E-state index in [1.54, 1.807) is 50.2 Å². The number of esters is 1. The Kier molecular flexibility index (Phi) is 5.68. The lowest BCUT2D eigenvalue weighted by molar-refractivity contribution is -0.145. The van der Waals surface area contributed by atoms with Gasteiger partial charge in [-0.25, -0.2) is 14.4 Å². The second-order valence-electron chi connectivity index (χ2n) is 6.96. The maximum absolute atomic E-state index is 12.8. The van der Waals surface area contributed by atoms with E-state index < -0.39 is 17.2 Å². The van der Waals surface area contributed by atoms with E-state index in [4.69, 9.17) is 23.0 Å². The zero-order valence-corrected chi connectivity index (χ0v) is 17.7. The summed E-state index contributed by atoms with van der Waals surface area (Å²) in [6.45, 7) is 3.37. The van der Waals surface area contributed by atoms with Gasteiger partial charge in [0.25, 0.3) is 0 Å². The first-order valence-electron chi connectivity index (χ1n) is 9.90. The summed E-state index contributed by atoms with van der Waals surface area (Å²) < 4.78 is 26.6. The van der Waals surface area contributed by atoms with Crippen molar-refractivity contribution in [2.24, 2.45) is 0 Å². The number of hydrogen-bond acceptors (Lipinski definition) is 8. The molecule has 2 aromatic carbocycles. The molecule has 4 rings (SSSR count). The molecule has 0 aliphatic carbocycles. The summed E-state index contributed by atoms with van der Waals surface area (Å²) in [6, 6.07) is 11.5. The molecule has 32 heavy (non-hydrogen) atoms.